The van der Waals surface area contributed by atoms with Crippen LogP contribution in [0.5, 0.6) is 0 Å². The van der Waals surface area contributed by atoms with Crippen LogP contribution in [0.3, 0.4) is 0 Å². The van der Waals surface area contributed by atoms with Gasteiger partial charge in [-0.1, -0.05) is 38.3 Å². The molecule has 6 heteroatoms. The molecule has 0 spiro atoms. The average molecular weight is 426 g/mol. The second-order valence-electron chi connectivity index (χ2n) is 8.65. The minimum absolute atomic E-state index is 0.0709. The van der Waals surface area contributed by atoms with Gasteiger partial charge in [-0.25, -0.2) is 4.98 Å². The first-order chi connectivity index (χ1) is 14.5. The highest BCUT2D eigenvalue weighted by Gasteiger charge is 2.27. The molecular weight excluding hydrogens is 394 g/mol. The Morgan fingerprint density at radius 1 is 1.23 bits per heavy atom. The molecule has 0 bridgehead atoms. The van der Waals surface area contributed by atoms with Gasteiger partial charge in [0.25, 0.3) is 0 Å². The summed E-state index contributed by atoms with van der Waals surface area (Å²) in [4.78, 5) is 31.1. The number of aromatic nitrogens is 1. The van der Waals surface area contributed by atoms with E-state index in [1.807, 2.05) is 16.3 Å². The van der Waals surface area contributed by atoms with E-state index in [0.29, 0.717) is 5.13 Å². The lowest BCUT2D eigenvalue weighted by Crippen LogP contribution is -2.27. The van der Waals surface area contributed by atoms with Crippen LogP contribution < -0.4 is 10.2 Å². The molecular formula is C24H31N3O2S. The average Bonchev–Trinajstić information content (AvgIpc) is 3.39. The van der Waals surface area contributed by atoms with Gasteiger partial charge in [-0.05, 0) is 49.7 Å². The van der Waals surface area contributed by atoms with E-state index in [-0.39, 0.29) is 17.7 Å². The van der Waals surface area contributed by atoms with E-state index in [4.69, 9.17) is 0 Å². The predicted octanol–water partition coefficient (Wildman–Crippen LogP) is 5.65. The molecule has 2 aliphatic rings. The molecule has 2 heterocycles. The molecule has 1 aliphatic heterocycles. The van der Waals surface area contributed by atoms with Gasteiger partial charge in [-0.2, -0.15) is 0 Å². The number of thiazole rings is 1. The third-order valence-corrected chi connectivity index (χ3v) is 7.33. The zero-order valence-electron chi connectivity index (χ0n) is 17.9. The van der Waals surface area contributed by atoms with Gasteiger partial charge in [0.05, 0.1) is 5.69 Å². The largest absolute Gasteiger partial charge is 0.312 e. The number of fused-ring (bicyclic) bond motifs is 1. The fourth-order valence-corrected chi connectivity index (χ4v) is 5.47. The highest BCUT2D eigenvalue weighted by atomic mass is 32.1. The summed E-state index contributed by atoms with van der Waals surface area (Å²) in [5.41, 5.74) is 4.01. The molecule has 1 aliphatic carbocycles. The topological polar surface area (TPSA) is 62.3 Å². The molecule has 4 rings (SSSR count). The molecule has 2 aromatic rings. The van der Waals surface area contributed by atoms with Crippen molar-refractivity contribution in [3.05, 3.63) is 29.1 Å². The first-order valence-corrected chi connectivity index (χ1v) is 12.1. The number of nitrogens with one attached hydrogen (secondary N) is 1. The van der Waals surface area contributed by atoms with Crippen LogP contribution in [-0.4, -0.2) is 23.3 Å². The smallest absolute Gasteiger partial charge is 0.229 e. The Kier molecular flexibility index (Phi) is 6.52. The molecule has 5 nitrogen and oxygen atoms in total. The number of rotatable bonds is 6. The number of carbonyl (C=O) groups is 2. The third-order valence-electron chi connectivity index (χ3n) is 6.57. The maximum atomic E-state index is 12.7. The Labute approximate surface area is 182 Å². The summed E-state index contributed by atoms with van der Waals surface area (Å²) in [6, 6.07) is 6.19. The van der Waals surface area contributed by atoms with Gasteiger partial charge in [0.15, 0.2) is 5.13 Å². The third kappa shape index (κ3) is 4.59. The van der Waals surface area contributed by atoms with Crippen LogP contribution in [0, 0.1) is 11.8 Å². The molecule has 160 valence electrons. The van der Waals surface area contributed by atoms with E-state index in [2.05, 4.69) is 29.4 Å². The summed E-state index contributed by atoms with van der Waals surface area (Å²) in [6.45, 7) is 4.59. The molecule has 1 aromatic carbocycles. The van der Waals surface area contributed by atoms with Crippen molar-refractivity contribution in [1.82, 2.24) is 4.98 Å². The highest BCUT2D eigenvalue weighted by Crippen LogP contribution is 2.35. The van der Waals surface area contributed by atoms with E-state index in [1.54, 1.807) is 6.92 Å². The second-order valence-corrected chi connectivity index (χ2v) is 9.51. The van der Waals surface area contributed by atoms with Crippen LogP contribution in [-0.2, 0) is 16.0 Å². The summed E-state index contributed by atoms with van der Waals surface area (Å²) in [7, 11) is 0. The van der Waals surface area contributed by atoms with Crippen molar-refractivity contribution in [2.24, 2.45) is 11.8 Å². The Hall–Kier alpha value is -2.21. The molecule has 0 unspecified atom stereocenters. The zero-order chi connectivity index (χ0) is 21.1. The lowest BCUT2D eigenvalue weighted by molar-refractivity contribution is -0.121. The van der Waals surface area contributed by atoms with Gasteiger partial charge in [-0.15, -0.1) is 11.3 Å². The molecule has 0 saturated heterocycles. The Morgan fingerprint density at radius 3 is 2.77 bits per heavy atom. The number of hydrogen-bond acceptors (Lipinski definition) is 4. The van der Waals surface area contributed by atoms with Gasteiger partial charge in [0.1, 0.15) is 0 Å². The van der Waals surface area contributed by atoms with E-state index in [1.165, 1.54) is 49.0 Å². The predicted molar refractivity (Wildman–Crippen MR) is 123 cm³/mol. The number of amides is 2. The first-order valence-electron chi connectivity index (χ1n) is 11.2. The number of carbonyl (C=O) groups excluding carboxylic acids is 2. The lowest BCUT2D eigenvalue weighted by Gasteiger charge is -2.27. The van der Waals surface area contributed by atoms with Crippen molar-refractivity contribution in [2.75, 3.05) is 16.8 Å². The minimum Gasteiger partial charge on any atom is -0.312 e. The minimum atomic E-state index is 0.0709. The van der Waals surface area contributed by atoms with E-state index < -0.39 is 0 Å². The zero-order valence-corrected chi connectivity index (χ0v) is 18.8. The number of hydrogen-bond donors (Lipinski definition) is 1. The molecule has 0 radical (unpaired) electrons. The normalized spacial score (nSPS) is 20.8. The number of anilines is 2. The van der Waals surface area contributed by atoms with Crippen molar-refractivity contribution in [1.29, 1.82) is 0 Å². The number of nitrogens with zero attached hydrogens (tertiary/aromatic N) is 2. The maximum absolute atomic E-state index is 12.7. The second kappa shape index (κ2) is 9.29. The van der Waals surface area contributed by atoms with Gasteiger partial charge in [0.2, 0.25) is 11.8 Å². The standard InChI is InChI=1S/C24H31N3O2S/c1-3-4-5-17-6-8-19(9-7-17)23(29)26-24-25-21(15-30-24)20-11-10-18-12-13-27(16(2)28)22(18)14-20/h10-11,14-15,17,19H,3-9,12-13H2,1-2H3,(H,25,26,29). The van der Waals surface area contributed by atoms with Crippen LogP contribution in [0.2, 0.25) is 0 Å². The van der Waals surface area contributed by atoms with Crippen LogP contribution in [0.25, 0.3) is 11.3 Å². The van der Waals surface area contributed by atoms with Crippen molar-refractivity contribution >= 4 is 34.0 Å². The quantitative estimate of drug-likeness (QED) is 0.650. The van der Waals surface area contributed by atoms with Crippen LogP contribution >= 0.6 is 11.3 Å². The molecule has 1 saturated carbocycles. The van der Waals surface area contributed by atoms with Gasteiger partial charge >= 0.3 is 0 Å². The van der Waals surface area contributed by atoms with E-state index in [0.717, 1.165) is 48.7 Å². The highest BCUT2D eigenvalue weighted by molar-refractivity contribution is 7.14. The summed E-state index contributed by atoms with van der Waals surface area (Å²) >= 11 is 1.47. The SMILES string of the molecule is CCCCC1CCC(C(=O)Nc2nc(-c3ccc4c(c3)N(C(C)=O)CC4)cs2)CC1. The number of unbranched alkanes of at least 4 members (excludes halogenated alkanes) is 1. The van der Waals surface area contributed by atoms with Crippen molar-refractivity contribution in [3.8, 4) is 11.3 Å². The molecule has 30 heavy (non-hydrogen) atoms. The molecule has 2 amide bonds. The lowest BCUT2D eigenvalue weighted by atomic mass is 9.79. The van der Waals surface area contributed by atoms with Gasteiger partial charge < -0.3 is 10.2 Å². The summed E-state index contributed by atoms with van der Waals surface area (Å²) in [6.07, 6.45) is 9.08. The fourth-order valence-electron chi connectivity index (χ4n) is 4.74. The molecule has 1 fully saturated rings. The summed E-state index contributed by atoms with van der Waals surface area (Å²) in [5, 5.41) is 5.68. The monoisotopic (exact) mass is 425 g/mol. The summed E-state index contributed by atoms with van der Waals surface area (Å²) < 4.78 is 0. The van der Waals surface area contributed by atoms with Crippen LogP contribution in [0.1, 0.15) is 64.4 Å². The number of benzene rings is 1. The molecule has 1 aromatic heterocycles. The molecule has 1 N–H and O–H groups in total. The van der Waals surface area contributed by atoms with Crippen LogP contribution in [0.4, 0.5) is 10.8 Å². The van der Waals surface area contributed by atoms with E-state index in [9.17, 15) is 9.59 Å². The van der Waals surface area contributed by atoms with Crippen molar-refractivity contribution in [2.45, 2.75) is 65.2 Å². The first kappa shape index (κ1) is 21.0. The van der Waals surface area contributed by atoms with Crippen molar-refractivity contribution < 1.29 is 9.59 Å². The summed E-state index contributed by atoms with van der Waals surface area (Å²) in [5.74, 6) is 1.09. The Balaban J connectivity index is 1.38. The van der Waals surface area contributed by atoms with Gasteiger partial charge in [-0.3, -0.25) is 9.59 Å². The van der Waals surface area contributed by atoms with Crippen molar-refractivity contribution in [3.63, 3.8) is 0 Å². The van der Waals surface area contributed by atoms with Crippen LogP contribution in [0.15, 0.2) is 23.6 Å². The Morgan fingerprint density at radius 2 is 2.03 bits per heavy atom. The van der Waals surface area contributed by atoms with E-state index >= 15 is 0 Å². The van der Waals surface area contributed by atoms with Gasteiger partial charge in [0, 0.05) is 36.0 Å². The molecule has 0 atom stereocenters. The fraction of sp³-hybridized carbons (Fsp3) is 0.542. The Bertz CT molecular complexity index is 915. The maximum Gasteiger partial charge on any atom is 0.229 e.